The normalized spacial score (nSPS) is 20.5. The molecule has 13 heteroatoms. The number of amides is 4. The Morgan fingerprint density at radius 1 is 0.872 bits per heavy atom. The van der Waals surface area contributed by atoms with Crippen LogP contribution in [0.2, 0.25) is 0 Å². The van der Waals surface area contributed by atoms with E-state index in [0.29, 0.717) is 0 Å². The molecule has 262 valence electrons. The lowest BCUT2D eigenvalue weighted by Gasteiger charge is -2.38. The van der Waals surface area contributed by atoms with Gasteiger partial charge in [0.05, 0.1) is 18.2 Å². The van der Waals surface area contributed by atoms with Gasteiger partial charge in [0, 0.05) is 32.5 Å². The van der Waals surface area contributed by atoms with Crippen LogP contribution in [0, 0.1) is 17.3 Å². The molecule has 0 aromatic carbocycles. The summed E-state index contributed by atoms with van der Waals surface area (Å²) in [6.45, 7) is 16.1. The van der Waals surface area contributed by atoms with Crippen molar-refractivity contribution in [3.8, 4) is 0 Å². The summed E-state index contributed by atoms with van der Waals surface area (Å²) in [4.78, 5) is 78.9. The Balaban J connectivity index is 1.88. The van der Waals surface area contributed by atoms with Crippen molar-refractivity contribution >= 4 is 29.8 Å². The van der Waals surface area contributed by atoms with E-state index in [1.807, 2.05) is 20.8 Å². The van der Waals surface area contributed by atoms with Crippen molar-refractivity contribution in [3.05, 3.63) is 24.3 Å². The van der Waals surface area contributed by atoms with Gasteiger partial charge in [-0.1, -0.05) is 40.0 Å². The van der Waals surface area contributed by atoms with Crippen LogP contribution in [-0.2, 0) is 23.9 Å². The average Bonchev–Trinajstić information content (AvgIpc) is 3.42. The maximum atomic E-state index is 14.3. The Labute approximate surface area is 278 Å². The number of esters is 1. The molecule has 47 heavy (non-hydrogen) atoms. The van der Waals surface area contributed by atoms with Gasteiger partial charge in [-0.15, -0.1) is 0 Å². The van der Waals surface area contributed by atoms with Gasteiger partial charge in [0.2, 0.25) is 11.8 Å². The predicted octanol–water partition coefficient (Wildman–Crippen LogP) is 3.72. The van der Waals surface area contributed by atoms with Gasteiger partial charge in [0.25, 0.3) is 5.91 Å². The highest BCUT2D eigenvalue weighted by Crippen LogP contribution is 2.31. The number of rotatable bonds is 8. The van der Waals surface area contributed by atoms with Crippen molar-refractivity contribution in [3.63, 3.8) is 0 Å². The van der Waals surface area contributed by atoms with Crippen LogP contribution < -0.4 is 10.6 Å². The van der Waals surface area contributed by atoms with Gasteiger partial charge in [-0.05, 0) is 65.7 Å². The van der Waals surface area contributed by atoms with Crippen LogP contribution in [0.25, 0.3) is 0 Å². The molecule has 2 fully saturated rings. The first-order valence-electron chi connectivity index (χ1n) is 16.5. The lowest BCUT2D eigenvalue weighted by atomic mass is 9.82. The minimum Gasteiger partial charge on any atom is -0.460 e. The average molecular weight is 659 g/mol. The summed E-state index contributed by atoms with van der Waals surface area (Å²) < 4.78 is 11.3. The van der Waals surface area contributed by atoms with Crippen LogP contribution in [0.1, 0.15) is 105 Å². The van der Waals surface area contributed by atoms with E-state index in [-0.39, 0.29) is 24.7 Å². The van der Waals surface area contributed by atoms with Crippen LogP contribution in [0.4, 0.5) is 4.79 Å². The number of hydrogen-bond donors (Lipinski definition) is 2. The van der Waals surface area contributed by atoms with Gasteiger partial charge in [0.1, 0.15) is 29.0 Å². The fourth-order valence-corrected chi connectivity index (χ4v) is 6.01. The molecule has 0 bridgehead atoms. The molecule has 0 unspecified atom stereocenters. The minimum absolute atomic E-state index is 0.0107. The van der Waals surface area contributed by atoms with E-state index in [9.17, 15) is 24.0 Å². The molecule has 0 radical (unpaired) electrons. The Bertz CT molecular complexity index is 1280. The molecule has 1 saturated heterocycles. The topological polar surface area (TPSA) is 160 Å². The number of likely N-dealkylation sites (tertiary alicyclic amines) is 1. The first-order valence-corrected chi connectivity index (χ1v) is 16.5. The fourth-order valence-electron chi connectivity index (χ4n) is 6.01. The van der Waals surface area contributed by atoms with Crippen molar-refractivity contribution in [2.45, 2.75) is 124 Å². The smallest absolute Gasteiger partial charge is 0.410 e. The largest absolute Gasteiger partial charge is 0.460 e. The predicted molar refractivity (Wildman–Crippen MR) is 175 cm³/mol. The highest BCUT2D eigenvalue weighted by Gasteiger charge is 2.48. The van der Waals surface area contributed by atoms with Crippen LogP contribution >= 0.6 is 0 Å². The molecule has 0 spiro atoms. The molecule has 1 saturated carbocycles. The van der Waals surface area contributed by atoms with Crippen LogP contribution in [-0.4, -0.2) is 99.0 Å². The molecule has 2 aliphatic rings. The number of carbonyl (C=O) groups excluding carboxylic acids is 5. The summed E-state index contributed by atoms with van der Waals surface area (Å²) in [5, 5.41) is 5.83. The second-order valence-corrected chi connectivity index (χ2v) is 15.8. The number of nitrogens with zero attached hydrogens (tertiary/aromatic N) is 4. The molecule has 1 aromatic heterocycles. The number of ether oxygens (including phenoxy) is 2. The Morgan fingerprint density at radius 3 is 2.02 bits per heavy atom. The van der Waals surface area contributed by atoms with Crippen LogP contribution in [0.3, 0.4) is 0 Å². The monoisotopic (exact) mass is 658 g/mol. The fraction of sp³-hybridized carbons (Fsp3) is 0.735. The van der Waals surface area contributed by atoms with Crippen molar-refractivity contribution in [1.29, 1.82) is 0 Å². The van der Waals surface area contributed by atoms with Gasteiger partial charge in [-0.2, -0.15) is 0 Å². The third-order valence-electron chi connectivity index (χ3n) is 8.38. The third kappa shape index (κ3) is 10.6. The summed E-state index contributed by atoms with van der Waals surface area (Å²) in [5.41, 5.74) is -2.20. The van der Waals surface area contributed by atoms with Crippen molar-refractivity contribution < 1.29 is 33.4 Å². The van der Waals surface area contributed by atoms with E-state index in [2.05, 4.69) is 20.6 Å². The second kappa shape index (κ2) is 15.0. The lowest BCUT2D eigenvalue weighted by molar-refractivity contribution is -0.162. The van der Waals surface area contributed by atoms with Gasteiger partial charge < -0.3 is 29.9 Å². The van der Waals surface area contributed by atoms with E-state index in [1.54, 1.807) is 48.6 Å². The molecule has 2 N–H and O–H groups in total. The highest BCUT2D eigenvalue weighted by molar-refractivity contribution is 5.97. The van der Waals surface area contributed by atoms with Gasteiger partial charge >= 0.3 is 12.1 Å². The first kappa shape index (κ1) is 37.7. The number of aromatic nitrogens is 2. The maximum absolute atomic E-state index is 14.3. The lowest BCUT2D eigenvalue weighted by Crippen LogP contribution is -2.61. The molecule has 2 heterocycles. The van der Waals surface area contributed by atoms with Gasteiger partial charge in [0.15, 0.2) is 0 Å². The molecule has 1 aromatic rings. The van der Waals surface area contributed by atoms with E-state index < -0.39 is 70.4 Å². The number of hydrogen-bond acceptors (Lipinski definition) is 9. The Hall–Kier alpha value is -3.77. The summed E-state index contributed by atoms with van der Waals surface area (Å²) in [5.74, 6) is -2.92. The van der Waals surface area contributed by atoms with E-state index in [4.69, 9.17) is 9.47 Å². The van der Waals surface area contributed by atoms with Crippen LogP contribution in [0.5, 0.6) is 0 Å². The van der Waals surface area contributed by atoms with E-state index in [1.165, 1.54) is 28.4 Å². The molecule has 3 rings (SSSR count). The molecule has 1 aliphatic heterocycles. The molecule has 1 aliphatic carbocycles. The van der Waals surface area contributed by atoms with Gasteiger partial charge in [-0.3, -0.25) is 24.2 Å². The van der Waals surface area contributed by atoms with Crippen molar-refractivity contribution in [2.75, 3.05) is 20.1 Å². The SMILES string of the molecule is CN(C(=O)[C@@H](NC(=O)[C@@H](NC(=O)c1cnccn1)C1CCCCC1)C(C)(C)C)[C@H]1CN(C(=O)OC(C)(C)C)C[C@H]1C(=O)OC(C)(C)C. The number of carbonyl (C=O) groups is 5. The zero-order valence-corrected chi connectivity index (χ0v) is 29.7. The standard InChI is InChI=1S/C34H54N6O7/c1-32(2,3)26(38-28(42)25(21-14-12-11-13-15-21)37-27(41)23-18-35-16-17-36-23)29(43)39(10)24-20-40(31(45)47-34(7,8)9)19-22(24)30(44)46-33(4,5)6/h16-18,21-22,24-26H,11-15,19-20H2,1-10H3,(H,37,41)(H,38,42)/t22-,24+,25+,26-/m1/s1. The number of likely N-dealkylation sites (N-methyl/N-ethyl adjacent to an activating group) is 1. The third-order valence-corrected chi connectivity index (χ3v) is 8.38. The Kier molecular flexibility index (Phi) is 12.0. The molecular weight excluding hydrogens is 604 g/mol. The second-order valence-electron chi connectivity index (χ2n) is 15.8. The number of nitrogens with one attached hydrogen (secondary N) is 2. The highest BCUT2D eigenvalue weighted by atomic mass is 16.6. The van der Waals surface area contributed by atoms with Crippen molar-refractivity contribution in [2.24, 2.45) is 17.3 Å². The zero-order chi connectivity index (χ0) is 35.3. The molecule has 4 amide bonds. The van der Waals surface area contributed by atoms with Crippen LogP contribution in [0.15, 0.2) is 18.6 Å². The Morgan fingerprint density at radius 2 is 1.49 bits per heavy atom. The quantitative estimate of drug-likeness (QED) is 0.397. The van der Waals surface area contributed by atoms with E-state index >= 15 is 0 Å². The first-order chi connectivity index (χ1) is 21.7. The van der Waals surface area contributed by atoms with E-state index in [0.717, 1.165) is 32.1 Å². The molecule has 13 nitrogen and oxygen atoms in total. The van der Waals surface area contributed by atoms with Gasteiger partial charge in [-0.25, -0.2) is 9.78 Å². The summed E-state index contributed by atoms with van der Waals surface area (Å²) in [7, 11) is 1.57. The summed E-state index contributed by atoms with van der Waals surface area (Å²) >= 11 is 0. The summed E-state index contributed by atoms with van der Waals surface area (Å²) in [6, 6.07) is -2.65. The maximum Gasteiger partial charge on any atom is 0.410 e. The van der Waals surface area contributed by atoms with Crippen molar-refractivity contribution in [1.82, 2.24) is 30.4 Å². The molecular formula is C34H54N6O7. The summed E-state index contributed by atoms with van der Waals surface area (Å²) in [6.07, 6.45) is 8.05. The minimum atomic E-state index is -1.02. The molecule has 4 atom stereocenters. The zero-order valence-electron chi connectivity index (χ0n) is 29.7.